The number of rotatable bonds is 6. The lowest BCUT2D eigenvalue weighted by molar-refractivity contribution is 0.538. The normalized spacial score (nSPS) is 11.1. The van der Waals surface area contributed by atoms with Crippen LogP contribution in [0, 0.1) is 0 Å². The number of fused-ring (bicyclic) bond motifs is 1. The third kappa shape index (κ3) is 4.87. The number of oxazole rings is 1. The Hall–Kier alpha value is -5.49. The molecule has 0 spiro atoms. The lowest BCUT2D eigenvalue weighted by atomic mass is 9.93. The highest BCUT2D eigenvalue weighted by atomic mass is 16.3. The van der Waals surface area contributed by atoms with Crippen molar-refractivity contribution in [3.63, 3.8) is 0 Å². The van der Waals surface area contributed by atoms with Crippen molar-refractivity contribution >= 4 is 11.1 Å². The first-order valence-corrected chi connectivity index (χ1v) is 13.6. The summed E-state index contributed by atoms with van der Waals surface area (Å²) >= 11 is 0. The summed E-state index contributed by atoms with van der Waals surface area (Å²) in [5.41, 5.74) is 8.52. The van der Waals surface area contributed by atoms with E-state index in [0.29, 0.717) is 17.5 Å². The fourth-order valence-corrected chi connectivity index (χ4v) is 4.93. The molecule has 6 nitrogen and oxygen atoms in total. The summed E-state index contributed by atoms with van der Waals surface area (Å²) < 4.78 is 5.85. The van der Waals surface area contributed by atoms with Crippen molar-refractivity contribution in [3.05, 3.63) is 127 Å². The van der Waals surface area contributed by atoms with Crippen molar-refractivity contribution in [3.8, 4) is 56.4 Å². The van der Waals surface area contributed by atoms with Crippen LogP contribution >= 0.6 is 0 Å². The van der Waals surface area contributed by atoms with Gasteiger partial charge in [0.25, 0.3) is 0 Å². The number of aryl methyl sites for hydroxylation is 1. The highest BCUT2D eigenvalue weighted by molar-refractivity contribution is 5.89. The molecule has 0 amide bonds. The predicted molar refractivity (Wildman–Crippen MR) is 162 cm³/mol. The van der Waals surface area contributed by atoms with Gasteiger partial charge in [0.05, 0.1) is 0 Å². The zero-order valence-corrected chi connectivity index (χ0v) is 22.4. The van der Waals surface area contributed by atoms with Gasteiger partial charge < -0.3 is 4.42 Å². The van der Waals surface area contributed by atoms with Crippen LogP contribution in [-0.4, -0.2) is 24.9 Å². The van der Waals surface area contributed by atoms with Gasteiger partial charge in [-0.3, -0.25) is 4.98 Å². The molecule has 0 aliphatic carbocycles. The molecular formula is C35H25N5O. The minimum absolute atomic E-state index is 0.605. The van der Waals surface area contributed by atoms with Gasteiger partial charge in [0.1, 0.15) is 5.52 Å². The first kappa shape index (κ1) is 24.5. The van der Waals surface area contributed by atoms with E-state index in [1.54, 1.807) is 6.20 Å². The molecule has 7 rings (SSSR count). The molecule has 0 saturated heterocycles. The number of pyridine rings is 1. The minimum atomic E-state index is 0.605. The second kappa shape index (κ2) is 10.6. The first-order chi connectivity index (χ1) is 20.2. The van der Waals surface area contributed by atoms with Crippen molar-refractivity contribution in [1.29, 1.82) is 0 Å². The molecule has 0 N–H and O–H groups in total. The Morgan fingerprint density at radius 3 is 1.80 bits per heavy atom. The molecule has 41 heavy (non-hydrogen) atoms. The van der Waals surface area contributed by atoms with Gasteiger partial charge in [0, 0.05) is 41.1 Å². The van der Waals surface area contributed by atoms with Crippen LogP contribution < -0.4 is 0 Å². The molecule has 6 heteroatoms. The average Bonchev–Trinajstić information content (AvgIpc) is 3.48. The number of benzene rings is 4. The SMILES string of the molecule is CCc1nc2cc(-c3ccc(-c4nc(-c5ccccc5)nc(-c5ccccc5)n4)cc3-c3cccnc3)ccc2o1. The maximum Gasteiger partial charge on any atom is 0.195 e. The molecule has 0 atom stereocenters. The fraction of sp³-hybridized carbons (Fsp3) is 0.0571. The Morgan fingerprint density at radius 2 is 1.17 bits per heavy atom. The Morgan fingerprint density at radius 1 is 0.537 bits per heavy atom. The highest BCUT2D eigenvalue weighted by Crippen LogP contribution is 2.36. The molecule has 3 heterocycles. The lowest BCUT2D eigenvalue weighted by Crippen LogP contribution is -2.00. The number of aromatic nitrogens is 5. The van der Waals surface area contributed by atoms with Crippen molar-refractivity contribution in [1.82, 2.24) is 24.9 Å². The average molecular weight is 532 g/mol. The molecule has 196 valence electrons. The van der Waals surface area contributed by atoms with E-state index >= 15 is 0 Å². The Balaban J connectivity index is 1.41. The first-order valence-electron chi connectivity index (χ1n) is 13.6. The van der Waals surface area contributed by atoms with E-state index in [9.17, 15) is 0 Å². The highest BCUT2D eigenvalue weighted by Gasteiger charge is 2.16. The second-order valence-electron chi connectivity index (χ2n) is 9.68. The summed E-state index contributed by atoms with van der Waals surface area (Å²) in [6, 6.07) is 36.5. The summed E-state index contributed by atoms with van der Waals surface area (Å²) in [7, 11) is 0. The predicted octanol–water partition coefficient (Wildman–Crippen LogP) is 8.31. The van der Waals surface area contributed by atoms with E-state index in [1.165, 1.54) is 0 Å². The van der Waals surface area contributed by atoms with E-state index in [4.69, 9.17) is 19.4 Å². The lowest BCUT2D eigenvalue weighted by Gasteiger charge is -2.13. The zero-order valence-electron chi connectivity index (χ0n) is 22.4. The smallest absolute Gasteiger partial charge is 0.195 e. The van der Waals surface area contributed by atoms with Crippen molar-refractivity contribution < 1.29 is 4.42 Å². The number of hydrogen-bond donors (Lipinski definition) is 0. The summed E-state index contributed by atoms with van der Waals surface area (Å²) in [5, 5.41) is 0. The number of nitrogens with zero attached hydrogens (tertiary/aromatic N) is 5. The van der Waals surface area contributed by atoms with Crippen LogP contribution in [0.25, 0.3) is 67.5 Å². The monoisotopic (exact) mass is 531 g/mol. The van der Waals surface area contributed by atoms with Crippen molar-refractivity contribution in [2.45, 2.75) is 13.3 Å². The van der Waals surface area contributed by atoms with Crippen molar-refractivity contribution in [2.75, 3.05) is 0 Å². The van der Waals surface area contributed by atoms with Crippen LogP contribution in [0.3, 0.4) is 0 Å². The molecule has 0 aliphatic heterocycles. The summed E-state index contributed by atoms with van der Waals surface area (Å²) in [6.45, 7) is 2.04. The Bertz CT molecular complexity index is 1910. The quantitative estimate of drug-likeness (QED) is 0.215. The maximum absolute atomic E-state index is 5.85. The molecule has 7 aromatic rings. The maximum atomic E-state index is 5.85. The van der Waals surface area contributed by atoms with Crippen LogP contribution in [-0.2, 0) is 6.42 Å². The molecular weight excluding hydrogens is 506 g/mol. The van der Waals surface area contributed by atoms with Gasteiger partial charge >= 0.3 is 0 Å². The molecule has 0 saturated carbocycles. The molecule has 0 bridgehead atoms. The fourth-order valence-electron chi connectivity index (χ4n) is 4.93. The van der Waals surface area contributed by atoms with E-state index in [1.807, 2.05) is 85.9 Å². The third-order valence-corrected chi connectivity index (χ3v) is 7.00. The van der Waals surface area contributed by atoms with Crippen molar-refractivity contribution in [2.24, 2.45) is 0 Å². The standard InChI is InChI=1S/C35H25N5O/c1-2-32-37-30-21-25(16-18-31(30)41-32)28-17-15-26(20-29(28)27-14-9-19-36-22-27)35-39-33(23-10-5-3-6-11-23)38-34(40-35)24-12-7-4-8-13-24/h3-22H,2H2,1H3. The molecule has 0 radical (unpaired) electrons. The van der Waals surface area contributed by atoms with Gasteiger partial charge in [0.15, 0.2) is 28.9 Å². The topological polar surface area (TPSA) is 77.6 Å². The molecule has 4 aromatic carbocycles. The minimum Gasteiger partial charge on any atom is -0.441 e. The molecule has 3 aromatic heterocycles. The second-order valence-corrected chi connectivity index (χ2v) is 9.68. The summed E-state index contributed by atoms with van der Waals surface area (Å²) in [4.78, 5) is 23.8. The van der Waals surface area contributed by atoms with Crippen LogP contribution in [0.4, 0.5) is 0 Å². The molecule has 0 aliphatic rings. The largest absolute Gasteiger partial charge is 0.441 e. The van der Waals surface area contributed by atoms with Gasteiger partial charge in [-0.05, 0) is 41.0 Å². The Kier molecular flexibility index (Phi) is 6.34. The van der Waals surface area contributed by atoms with Crippen LogP contribution in [0.15, 0.2) is 126 Å². The van der Waals surface area contributed by atoms with Gasteiger partial charge in [-0.2, -0.15) is 0 Å². The van der Waals surface area contributed by atoms with Crippen LogP contribution in [0.2, 0.25) is 0 Å². The Labute approximate surface area is 237 Å². The van der Waals surface area contributed by atoms with E-state index < -0.39 is 0 Å². The van der Waals surface area contributed by atoms with Crippen LogP contribution in [0.1, 0.15) is 12.8 Å². The van der Waals surface area contributed by atoms with E-state index in [2.05, 4.69) is 46.4 Å². The molecule has 0 unspecified atom stereocenters. The van der Waals surface area contributed by atoms with Crippen LogP contribution in [0.5, 0.6) is 0 Å². The van der Waals surface area contributed by atoms with Gasteiger partial charge in [-0.25, -0.2) is 19.9 Å². The third-order valence-electron chi connectivity index (χ3n) is 7.00. The molecule has 0 fully saturated rings. The zero-order chi connectivity index (χ0) is 27.6. The van der Waals surface area contributed by atoms with Gasteiger partial charge in [-0.15, -0.1) is 0 Å². The number of hydrogen-bond acceptors (Lipinski definition) is 6. The van der Waals surface area contributed by atoms with Gasteiger partial charge in [-0.1, -0.05) is 91.9 Å². The van der Waals surface area contributed by atoms with E-state index in [0.717, 1.165) is 62.4 Å². The summed E-state index contributed by atoms with van der Waals surface area (Å²) in [6.07, 6.45) is 4.41. The summed E-state index contributed by atoms with van der Waals surface area (Å²) in [5.74, 6) is 2.60. The van der Waals surface area contributed by atoms with Gasteiger partial charge in [0.2, 0.25) is 0 Å². The van der Waals surface area contributed by atoms with E-state index in [-0.39, 0.29) is 0 Å².